The number of hydrogen-bond donors (Lipinski definition) is 2. The molecule has 17 heavy (non-hydrogen) atoms. The molecule has 0 spiro atoms. The van der Waals surface area contributed by atoms with Gasteiger partial charge in [-0.1, -0.05) is 0 Å². The van der Waals surface area contributed by atoms with E-state index in [1.165, 1.54) is 0 Å². The van der Waals surface area contributed by atoms with Crippen molar-refractivity contribution in [2.24, 2.45) is 0 Å². The van der Waals surface area contributed by atoms with Crippen LogP contribution in [-0.2, 0) is 6.54 Å². The zero-order valence-electron chi connectivity index (χ0n) is 10.2. The van der Waals surface area contributed by atoms with Crippen molar-refractivity contribution in [3.05, 3.63) is 23.2 Å². The van der Waals surface area contributed by atoms with Crippen molar-refractivity contribution in [2.45, 2.75) is 25.9 Å². The third kappa shape index (κ3) is 2.87. The average molecular weight is 238 g/mol. The minimum atomic E-state index is -1.01. The molecule has 2 rings (SSSR count). The average Bonchev–Trinajstić information content (AvgIpc) is 2.82. The molecule has 0 aliphatic carbocycles. The first-order valence-corrected chi connectivity index (χ1v) is 5.81. The number of nitrogens with zero attached hydrogens (tertiary/aromatic N) is 1. The lowest BCUT2D eigenvalue weighted by Gasteiger charge is -2.11. The largest absolute Gasteiger partial charge is 0.475 e. The lowest BCUT2D eigenvalue weighted by Crippen LogP contribution is -2.30. The molecule has 0 saturated carbocycles. The number of carbonyl (C=O) groups is 1. The number of likely N-dealkylation sites (N-methyl/N-ethyl adjacent to an activating group) is 1. The third-order valence-corrected chi connectivity index (χ3v) is 3.20. The Hall–Kier alpha value is -1.33. The number of aryl methyl sites for hydroxylation is 1. The molecule has 1 aromatic rings. The van der Waals surface area contributed by atoms with Crippen molar-refractivity contribution in [1.82, 2.24) is 10.2 Å². The SMILES string of the molecule is Cc1oc(C(=O)O)cc1CNC1CCN(C)C1. The zero-order valence-corrected chi connectivity index (χ0v) is 10.2. The Bertz CT molecular complexity index is 414. The highest BCUT2D eigenvalue weighted by molar-refractivity contribution is 5.84. The maximum Gasteiger partial charge on any atom is 0.371 e. The van der Waals surface area contributed by atoms with E-state index in [1.54, 1.807) is 13.0 Å². The van der Waals surface area contributed by atoms with Crippen molar-refractivity contribution in [3.63, 3.8) is 0 Å². The Morgan fingerprint density at radius 1 is 1.71 bits per heavy atom. The number of furan rings is 1. The first-order valence-electron chi connectivity index (χ1n) is 5.81. The van der Waals surface area contributed by atoms with E-state index < -0.39 is 5.97 Å². The fourth-order valence-corrected chi connectivity index (χ4v) is 2.16. The first-order chi connectivity index (χ1) is 8.06. The van der Waals surface area contributed by atoms with Crippen LogP contribution in [0.1, 0.15) is 28.3 Å². The highest BCUT2D eigenvalue weighted by atomic mass is 16.4. The molecule has 1 aliphatic rings. The van der Waals surface area contributed by atoms with Crippen LogP contribution in [-0.4, -0.2) is 42.2 Å². The highest BCUT2D eigenvalue weighted by Crippen LogP contribution is 2.15. The van der Waals surface area contributed by atoms with E-state index in [9.17, 15) is 4.79 Å². The number of rotatable bonds is 4. The molecule has 1 aromatic heterocycles. The summed E-state index contributed by atoms with van der Waals surface area (Å²) in [5, 5.41) is 12.2. The van der Waals surface area contributed by atoms with Crippen LogP contribution >= 0.6 is 0 Å². The van der Waals surface area contributed by atoms with Crippen LogP contribution in [0, 0.1) is 6.92 Å². The van der Waals surface area contributed by atoms with Gasteiger partial charge in [-0.2, -0.15) is 0 Å². The van der Waals surface area contributed by atoms with Crippen LogP contribution in [0.4, 0.5) is 0 Å². The summed E-state index contributed by atoms with van der Waals surface area (Å²) in [6, 6.07) is 2.09. The topological polar surface area (TPSA) is 65.7 Å². The smallest absolute Gasteiger partial charge is 0.371 e. The van der Waals surface area contributed by atoms with Crippen LogP contribution < -0.4 is 5.32 Å². The Morgan fingerprint density at radius 3 is 3.00 bits per heavy atom. The monoisotopic (exact) mass is 238 g/mol. The molecule has 1 atom stereocenters. The third-order valence-electron chi connectivity index (χ3n) is 3.20. The summed E-state index contributed by atoms with van der Waals surface area (Å²) >= 11 is 0. The molecule has 1 saturated heterocycles. The number of hydrogen-bond acceptors (Lipinski definition) is 4. The molecule has 5 heteroatoms. The molecule has 1 fully saturated rings. The van der Waals surface area contributed by atoms with E-state index in [1.807, 2.05) is 0 Å². The van der Waals surface area contributed by atoms with Gasteiger partial charge in [0.15, 0.2) is 0 Å². The van der Waals surface area contributed by atoms with Crippen molar-refractivity contribution < 1.29 is 14.3 Å². The van der Waals surface area contributed by atoms with E-state index in [0.717, 1.165) is 25.1 Å². The van der Waals surface area contributed by atoms with E-state index in [0.29, 0.717) is 18.3 Å². The minimum absolute atomic E-state index is 0.0165. The van der Waals surface area contributed by atoms with Crippen molar-refractivity contribution >= 4 is 5.97 Å². The number of likely N-dealkylation sites (tertiary alicyclic amines) is 1. The Balaban J connectivity index is 1.92. The van der Waals surface area contributed by atoms with Crippen LogP contribution in [0.5, 0.6) is 0 Å². The second-order valence-corrected chi connectivity index (χ2v) is 4.63. The summed E-state index contributed by atoms with van der Waals surface area (Å²) < 4.78 is 5.16. The van der Waals surface area contributed by atoms with Crippen molar-refractivity contribution in [2.75, 3.05) is 20.1 Å². The first kappa shape index (κ1) is 12.1. The van der Waals surface area contributed by atoms with Crippen molar-refractivity contribution in [1.29, 1.82) is 0 Å². The molecule has 1 aliphatic heterocycles. The summed E-state index contributed by atoms with van der Waals surface area (Å²) in [7, 11) is 2.10. The molecule has 0 radical (unpaired) electrons. The van der Waals surface area contributed by atoms with Gasteiger partial charge in [-0.15, -0.1) is 0 Å². The van der Waals surface area contributed by atoms with Crippen LogP contribution in [0.15, 0.2) is 10.5 Å². The minimum Gasteiger partial charge on any atom is -0.475 e. The molecule has 2 N–H and O–H groups in total. The van der Waals surface area contributed by atoms with Gasteiger partial charge in [0, 0.05) is 24.7 Å². The van der Waals surface area contributed by atoms with Crippen LogP contribution in [0.3, 0.4) is 0 Å². The van der Waals surface area contributed by atoms with Gasteiger partial charge >= 0.3 is 5.97 Å². The molecule has 2 heterocycles. The summed E-state index contributed by atoms with van der Waals surface area (Å²) in [6.45, 7) is 4.62. The van der Waals surface area contributed by atoms with Gasteiger partial charge < -0.3 is 19.7 Å². The molecule has 1 unspecified atom stereocenters. The van der Waals surface area contributed by atoms with E-state index in [4.69, 9.17) is 9.52 Å². The summed E-state index contributed by atoms with van der Waals surface area (Å²) in [4.78, 5) is 13.0. The fraction of sp³-hybridized carbons (Fsp3) is 0.583. The maximum absolute atomic E-state index is 10.7. The molecule has 0 aromatic carbocycles. The van der Waals surface area contributed by atoms with Crippen LogP contribution in [0.2, 0.25) is 0 Å². The Kier molecular flexibility index (Phi) is 3.49. The second kappa shape index (κ2) is 4.89. The lowest BCUT2D eigenvalue weighted by molar-refractivity contribution is 0.0661. The number of nitrogens with one attached hydrogen (secondary N) is 1. The standard InChI is InChI=1S/C12H18N2O3/c1-8-9(5-11(17-8)12(15)16)6-13-10-3-4-14(2)7-10/h5,10,13H,3-4,6-7H2,1-2H3,(H,15,16). The van der Waals surface area contributed by atoms with Gasteiger partial charge in [0.05, 0.1) is 0 Å². The van der Waals surface area contributed by atoms with Gasteiger partial charge in [0.25, 0.3) is 0 Å². The quantitative estimate of drug-likeness (QED) is 0.821. The predicted octanol–water partition coefficient (Wildman–Crippen LogP) is 1.08. The second-order valence-electron chi connectivity index (χ2n) is 4.63. The lowest BCUT2D eigenvalue weighted by atomic mass is 10.2. The Labute approximate surface area is 100 Å². The molecule has 0 bridgehead atoms. The normalized spacial score (nSPS) is 20.9. The van der Waals surface area contributed by atoms with E-state index in [-0.39, 0.29) is 5.76 Å². The molecule has 94 valence electrons. The van der Waals surface area contributed by atoms with Gasteiger partial charge in [0.1, 0.15) is 5.76 Å². The number of carboxylic acid groups (broad SMARTS) is 1. The molecular weight excluding hydrogens is 220 g/mol. The summed E-state index contributed by atoms with van der Waals surface area (Å²) in [5.41, 5.74) is 0.928. The summed E-state index contributed by atoms with van der Waals surface area (Å²) in [6.07, 6.45) is 1.14. The molecular formula is C12H18N2O3. The van der Waals surface area contributed by atoms with Gasteiger partial charge in [-0.25, -0.2) is 4.79 Å². The summed E-state index contributed by atoms with van der Waals surface area (Å²) in [5.74, 6) is -0.316. The maximum atomic E-state index is 10.7. The highest BCUT2D eigenvalue weighted by Gasteiger charge is 2.19. The fourth-order valence-electron chi connectivity index (χ4n) is 2.16. The van der Waals surface area contributed by atoms with Crippen LogP contribution in [0.25, 0.3) is 0 Å². The number of carboxylic acids is 1. The van der Waals surface area contributed by atoms with Gasteiger partial charge in [0.2, 0.25) is 5.76 Å². The van der Waals surface area contributed by atoms with E-state index in [2.05, 4.69) is 17.3 Å². The van der Waals surface area contributed by atoms with Gasteiger partial charge in [-0.05, 0) is 33.0 Å². The van der Waals surface area contributed by atoms with E-state index >= 15 is 0 Å². The predicted molar refractivity (Wildman–Crippen MR) is 63.1 cm³/mol. The molecule has 5 nitrogen and oxygen atoms in total. The zero-order chi connectivity index (χ0) is 12.4. The van der Waals surface area contributed by atoms with Gasteiger partial charge in [-0.3, -0.25) is 0 Å². The van der Waals surface area contributed by atoms with Crippen molar-refractivity contribution in [3.8, 4) is 0 Å². The Morgan fingerprint density at radius 2 is 2.47 bits per heavy atom. The number of aromatic carboxylic acids is 1. The molecule has 0 amide bonds.